The molecule has 0 saturated carbocycles. The Morgan fingerprint density at radius 1 is 1.10 bits per heavy atom. The topological polar surface area (TPSA) is 58.2 Å². The largest absolute Gasteiger partial charge is 0.313 e. The van der Waals surface area contributed by atoms with E-state index in [0.29, 0.717) is 18.0 Å². The molecule has 20 heavy (non-hydrogen) atoms. The lowest BCUT2D eigenvalue weighted by atomic mass is 10.2. The van der Waals surface area contributed by atoms with E-state index in [4.69, 9.17) is 0 Å². The van der Waals surface area contributed by atoms with Gasteiger partial charge in [0.15, 0.2) is 0 Å². The second-order valence-electron chi connectivity index (χ2n) is 4.89. The first-order valence-electron chi connectivity index (χ1n) is 7.39. The summed E-state index contributed by atoms with van der Waals surface area (Å²) in [5.74, 6) is 0. The lowest BCUT2D eigenvalue weighted by molar-refractivity contribution is 0.573. The summed E-state index contributed by atoms with van der Waals surface area (Å²) in [6.07, 6.45) is 4.27. The van der Waals surface area contributed by atoms with Crippen LogP contribution in [0.5, 0.6) is 0 Å². The van der Waals surface area contributed by atoms with E-state index in [1.807, 2.05) is 13.0 Å². The molecule has 0 spiro atoms. The minimum Gasteiger partial charge on any atom is -0.313 e. The highest BCUT2D eigenvalue weighted by molar-refractivity contribution is 7.89. The van der Waals surface area contributed by atoms with Crippen LogP contribution >= 0.6 is 0 Å². The summed E-state index contributed by atoms with van der Waals surface area (Å²) in [5.41, 5.74) is 0.987. The van der Waals surface area contributed by atoms with Crippen molar-refractivity contribution in [2.75, 3.05) is 13.1 Å². The average molecular weight is 298 g/mol. The standard InChI is InChI=1S/C15H26N2O2S/c1-3-5-6-7-11-17-20(18,19)15-10-8-9-14(12-15)13-16-4-2/h8-10,12,16-17H,3-7,11,13H2,1-2H3. The highest BCUT2D eigenvalue weighted by Gasteiger charge is 2.13. The van der Waals surface area contributed by atoms with Crippen LogP contribution in [-0.2, 0) is 16.6 Å². The Bertz CT molecular complexity index is 486. The molecule has 4 nitrogen and oxygen atoms in total. The van der Waals surface area contributed by atoms with E-state index < -0.39 is 10.0 Å². The number of hydrogen-bond donors (Lipinski definition) is 2. The van der Waals surface area contributed by atoms with Gasteiger partial charge in [-0.15, -0.1) is 0 Å². The molecule has 0 aliphatic heterocycles. The molecule has 0 unspecified atom stereocenters. The minimum absolute atomic E-state index is 0.350. The van der Waals surface area contributed by atoms with Gasteiger partial charge in [0.2, 0.25) is 10.0 Å². The van der Waals surface area contributed by atoms with Crippen LogP contribution in [0, 0.1) is 0 Å². The number of rotatable bonds is 10. The van der Waals surface area contributed by atoms with Gasteiger partial charge in [0.05, 0.1) is 4.90 Å². The van der Waals surface area contributed by atoms with Crippen LogP contribution in [-0.4, -0.2) is 21.5 Å². The lowest BCUT2D eigenvalue weighted by Gasteiger charge is -2.08. The zero-order valence-electron chi connectivity index (χ0n) is 12.5. The molecule has 0 aliphatic carbocycles. The molecule has 1 aromatic carbocycles. The SMILES string of the molecule is CCCCCCNS(=O)(=O)c1cccc(CNCC)c1. The van der Waals surface area contributed by atoms with E-state index in [1.165, 1.54) is 0 Å². The Balaban J connectivity index is 2.57. The molecule has 0 bridgehead atoms. The monoisotopic (exact) mass is 298 g/mol. The molecule has 2 N–H and O–H groups in total. The summed E-state index contributed by atoms with van der Waals surface area (Å²) in [5, 5.41) is 3.19. The van der Waals surface area contributed by atoms with E-state index in [-0.39, 0.29) is 0 Å². The van der Waals surface area contributed by atoms with Crippen molar-refractivity contribution in [3.63, 3.8) is 0 Å². The number of benzene rings is 1. The van der Waals surface area contributed by atoms with Gasteiger partial charge in [0.1, 0.15) is 0 Å². The van der Waals surface area contributed by atoms with Gasteiger partial charge in [-0.25, -0.2) is 13.1 Å². The van der Waals surface area contributed by atoms with Crippen molar-refractivity contribution in [2.24, 2.45) is 0 Å². The zero-order chi connectivity index (χ0) is 14.8. The van der Waals surface area contributed by atoms with E-state index >= 15 is 0 Å². The number of hydrogen-bond acceptors (Lipinski definition) is 3. The second-order valence-corrected chi connectivity index (χ2v) is 6.65. The normalized spacial score (nSPS) is 11.7. The molecule has 0 fully saturated rings. The van der Waals surface area contributed by atoms with Crippen LogP contribution in [0.4, 0.5) is 0 Å². The molecule has 0 atom stereocenters. The molecule has 0 amide bonds. The van der Waals surface area contributed by atoms with Crippen molar-refractivity contribution >= 4 is 10.0 Å². The Hall–Kier alpha value is -0.910. The van der Waals surface area contributed by atoms with Crippen LogP contribution in [0.25, 0.3) is 0 Å². The van der Waals surface area contributed by atoms with Crippen molar-refractivity contribution in [1.29, 1.82) is 0 Å². The number of nitrogens with one attached hydrogen (secondary N) is 2. The summed E-state index contributed by atoms with van der Waals surface area (Å²) < 4.78 is 27.0. The zero-order valence-corrected chi connectivity index (χ0v) is 13.3. The van der Waals surface area contributed by atoms with Gasteiger partial charge in [-0.05, 0) is 30.7 Å². The fourth-order valence-corrected chi connectivity index (χ4v) is 3.08. The van der Waals surface area contributed by atoms with Crippen molar-refractivity contribution in [1.82, 2.24) is 10.0 Å². The maximum Gasteiger partial charge on any atom is 0.240 e. The third kappa shape index (κ3) is 6.03. The van der Waals surface area contributed by atoms with E-state index in [2.05, 4.69) is 17.0 Å². The predicted octanol–water partition coefficient (Wildman–Crippen LogP) is 2.65. The third-order valence-electron chi connectivity index (χ3n) is 3.11. The van der Waals surface area contributed by atoms with Gasteiger partial charge in [-0.1, -0.05) is 45.2 Å². The quantitative estimate of drug-likeness (QED) is 0.653. The van der Waals surface area contributed by atoms with Crippen LogP contribution < -0.4 is 10.0 Å². The second kappa shape index (κ2) is 9.10. The van der Waals surface area contributed by atoms with Gasteiger partial charge >= 0.3 is 0 Å². The summed E-state index contributed by atoms with van der Waals surface area (Å²) in [6.45, 7) is 6.24. The highest BCUT2D eigenvalue weighted by Crippen LogP contribution is 2.11. The van der Waals surface area contributed by atoms with E-state index in [9.17, 15) is 8.42 Å². The lowest BCUT2D eigenvalue weighted by Crippen LogP contribution is -2.25. The van der Waals surface area contributed by atoms with Crippen LogP contribution in [0.2, 0.25) is 0 Å². The van der Waals surface area contributed by atoms with Gasteiger partial charge in [-0.3, -0.25) is 0 Å². The van der Waals surface area contributed by atoms with Crippen LogP contribution in [0.3, 0.4) is 0 Å². The first-order valence-corrected chi connectivity index (χ1v) is 8.87. The molecule has 1 aromatic rings. The molecule has 5 heteroatoms. The Morgan fingerprint density at radius 2 is 1.90 bits per heavy atom. The van der Waals surface area contributed by atoms with Crippen LogP contribution in [0.1, 0.15) is 45.1 Å². The summed E-state index contributed by atoms with van der Waals surface area (Å²) in [4.78, 5) is 0.350. The molecule has 114 valence electrons. The molecule has 0 saturated heterocycles. The maximum atomic E-state index is 12.2. The van der Waals surface area contributed by atoms with E-state index in [0.717, 1.165) is 37.8 Å². The number of sulfonamides is 1. The van der Waals surface area contributed by atoms with Gasteiger partial charge in [0.25, 0.3) is 0 Å². The molecule has 1 rings (SSSR count). The van der Waals surface area contributed by atoms with Crippen molar-refractivity contribution in [3.8, 4) is 0 Å². The molecule has 0 aliphatic rings. The van der Waals surface area contributed by atoms with Crippen molar-refractivity contribution < 1.29 is 8.42 Å². The number of unbranched alkanes of at least 4 members (excludes halogenated alkanes) is 3. The van der Waals surface area contributed by atoms with Crippen molar-refractivity contribution in [2.45, 2.75) is 51.0 Å². The first kappa shape index (κ1) is 17.1. The highest BCUT2D eigenvalue weighted by atomic mass is 32.2. The molecule has 0 aromatic heterocycles. The minimum atomic E-state index is -3.37. The smallest absolute Gasteiger partial charge is 0.240 e. The fourth-order valence-electron chi connectivity index (χ4n) is 1.93. The molecule has 0 heterocycles. The Labute approximate surface area is 123 Å². The van der Waals surface area contributed by atoms with Gasteiger partial charge in [0, 0.05) is 13.1 Å². The molecular formula is C15H26N2O2S. The predicted molar refractivity (Wildman–Crippen MR) is 83.2 cm³/mol. The fraction of sp³-hybridized carbons (Fsp3) is 0.600. The molecule has 0 radical (unpaired) electrons. The van der Waals surface area contributed by atoms with Gasteiger partial charge < -0.3 is 5.32 Å². The van der Waals surface area contributed by atoms with Crippen LogP contribution in [0.15, 0.2) is 29.2 Å². The third-order valence-corrected chi connectivity index (χ3v) is 4.57. The van der Waals surface area contributed by atoms with E-state index in [1.54, 1.807) is 18.2 Å². The molecular weight excluding hydrogens is 272 g/mol. The summed E-state index contributed by atoms with van der Waals surface area (Å²) >= 11 is 0. The Morgan fingerprint density at radius 3 is 2.60 bits per heavy atom. The maximum absolute atomic E-state index is 12.2. The summed E-state index contributed by atoms with van der Waals surface area (Å²) in [6, 6.07) is 7.10. The Kier molecular flexibility index (Phi) is 7.80. The van der Waals surface area contributed by atoms with Gasteiger partial charge in [-0.2, -0.15) is 0 Å². The first-order chi connectivity index (χ1) is 9.60. The summed E-state index contributed by atoms with van der Waals surface area (Å²) in [7, 11) is -3.37. The average Bonchev–Trinajstić information content (AvgIpc) is 2.45. The van der Waals surface area contributed by atoms with Crippen molar-refractivity contribution in [3.05, 3.63) is 29.8 Å².